The molecule has 0 radical (unpaired) electrons. The van der Waals surface area contributed by atoms with E-state index in [2.05, 4.69) is 36.4 Å². The van der Waals surface area contributed by atoms with Crippen molar-refractivity contribution >= 4 is 27.8 Å². The van der Waals surface area contributed by atoms with E-state index in [1.165, 1.54) is 24.5 Å². The molecule has 1 aromatic heterocycles. The van der Waals surface area contributed by atoms with Crippen LogP contribution in [0.2, 0.25) is 0 Å². The van der Waals surface area contributed by atoms with Crippen molar-refractivity contribution in [1.82, 2.24) is 15.2 Å². The third-order valence-corrected chi connectivity index (χ3v) is 2.84. The number of hydrogen-bond acceptors (Lipinski definition) is 4. The second-order valence-electron chi connectivity index (χ2n) is 3.66. The van der Waals surface area contributed by atoms with Gasteiger partial charge in [-0.25, -0.2) is 9.49 Å². The zero-order valence-electron chi connectivity index (χ0n) is 9.85. The number of benzene rings is 1. The molecule has 0 aliphatic rings. The molecule has 0 aliphatic heterocycles. The number of ether oxygens (including phenoxy) is 1. The van der Waals surface area contributed by atoms with Crippen molar-refractivity contribution in [3.63, 3.8) is 0 Å². The van der Waals surface area contributed by atoms with E-state index in [9.17, 15) is 9.18 Å². The molecule has 0 saturated carbocycles. The van der Waals surface area contributed by atoms with Gasteiger partial charge in [0.05, 0.1) is 4.47 Å². The Hall–Kier alpha value is -1.96. The average molecular weight is 329 g/mol. The average Bonchev–Trinajstić information content (AvgIpc) is 2.85. The van der Waals surface area contributed by atoms with E-state index < -0.39 is 17.8 Å². The van der Waals surface area contributed by atoms with Gasteiger partial charge in [-0.1, -0.05) is 0 Å². The van der Waals surface area contributed by atoms with Crippen LogP contribution >= 0.6 is 15.9 Å². The molecule has 0 fully saturated rings. The van der Waals surface area contributed by atoms with Crippen molar-refractivity contribution in [2.24, 2.45) is 0 Å². The SMILES string of the molecule is C[C@@H](Oc1ccc(F)cc1Br)C(=O)Nc1ncn[nH]1. The molecule has 2 rings (SSSR count). The molecule has 2 aromatic rings. The summed E-state index contributed by atoms with van der Waals surface area (Å²) in [7, 11) is 0. The van der Waals surface area contributed by atoms with Crippen molar-refractivity contribution < 1.29 is 13.9 Å². The van der Waals surface area contributed by atoms with E-state index in [1.807, 2.05) is 0 Å². The molecule has 6 nitrogen and oxygen atoms in total. The lowest BCUT2D eigenvalue weighted by atomic mass is 10.3. The van der Waals surface area contributed by atoms with Crippen molar-refractivity contribution in [3.05, 3.63) is 34.8 Å². The summed E-state index contributed by atoms with van der Waals surface area (Å²) < 4.78 is 18.8. The van der Waals surface area contributed by atoms with Gasteiger partial charge in [-0.2, -0.15) is 10.1 Å². The lowest BCUT2D eigenvalue weighted by Gasteiger charge is -2.14. The minimum absolute atomic E-state index is 0.235. The van der Waals surface area contributed by atoms with Crippen molar-refractivity contribution in [1.29, 1.82) is 0 Å². The fraction of sp³-hybridized carbons (Fsp3) is 0.182. The predicted molar refractivity (Wildman–Crippen MR) is 69.2 cm³/mol. The van der Waals surface area contributed by atoms with Gasteiger partial charge in [0.15, 0.2) is 6.10 Å². The highest BCUT2D eigenvalue weighted by atomic mass is 79.9. The van der Waals surface area contributed by atoms with Crippen LogP contribution in [0.15, 0.2) is 29.0 Å². The smallest absolute Gasteiger partial charge is 0.267 e. The van der Waals surface area contributed by atoms with E-state index in [1.54, 1.807) is 6.92 Å². The van der Waals surface area contributed by atoms with Crippen LogP contribution in [0.3, 0.4) is 0 Å². The Kier molecular flexibility index (Phi) is 4.10. The van der Waals surface area contributed by atoms with E-state index in [-0.39, 0.29) is 5.95 Å². The zero-order valence-corrected chi connectivity index (χ0v) is 11.4. The molecule has 2 N–H and O–H groups in total. The lowest BCUT2D eigenvalue weighted by molar-refractivity contribution is -0.122. The molecule has 8 heteroatoms. The first-order valence-electron chi connectivity index (χ1n) is 5.34. The summed E-state index contributed by atoms with van der Waals surface area (Å²) in [5.74, 6) is -0.175. The maximum atomic E-state index is 12.9. The van der Waals surface area contributed by atoms with Gasteiger partial charge in [0.25, 0.3) is 5.91 Å². The van der Waals surface area contributed by atoms with E-state index >= 15 is 0 Å². The molecular formula is C11H10BrFN4O2. The Morgan fingerprint density at radius 2 is 2.37 bits per heavy atom. The largest absolute Gasteiger partial charge is 0.480 e. The van der Waals surface area contributed by atoms with Gasteiger partial charge >= 0.3 is 0 Å². The Bertz CT molecular complexity index is 576. The standard InChI is InChI=1S/C11H10BrFN4O2/c1-6(10(18)16-11-14-5-15-17-11)19-9-3-2-7(13)4-8(9)12/h2-6H,1H3,(H2,14,15,16,17,18)/t6-/m1/s1. The molecule has 0 unspecified atom stereocenters. The number of carbonyl (C=O) groups is 1. The summed E-state index contributed by atoms with van der Waals surface area (Å²) in [4.78, 5) is 15.5. The Morgan fingerprint density at radius 1 is 1.58 bits per heavy atom. The van der Waals surface area contributed by atoms with Crippen LogP contribution < -0.4 is 10.1 Å². The van der Waals surface area contributed by atoms with Crippen LogP contribution in [0.1, 0.15) is 6.92 Å². The summed E-state index contributed by atoms with van der Waals surface area (Å²) in [5, 5.41) is 8.59. The summed E-state index contributed by atoms with van der Waals surface area (Å²) in [6, 6.07) is 3.95. The molecule has 0 saturated heterocycles. The highest BCUT2D eigenvalue weighted by molar-refractivity contribution is 9.10. The first-order valence-corrected chi connectivity index (χ1v) is 6.13. The highest BCUT2D eigenvalue weighted by Gasteiger charge is 2.17. The fourth-order valence-corrected chi connectivity index (χ4v) is 1.74. The van der Waals surface area contributed by atoms with Crippen molar-refractivity contribution in [2.45, 2.75) is 13.0 Å². The summed E-state index contributed by atoms with van der Waals surface area (Å²) in [5.41, 5.74) is 0. The number of carbonyl (C=O) groups excluding carboxylic acids is 1. The quantitative estimate of drug-likeness (QED) is 0.900. The van der Waals surface area contributed by atoms with E-state index in [4.69, 9.17) is 4.74 Å². The minimum Gasteiger partial charge on any atom is -0.480 e. The topological polar surface area (TPSA) is 79.9 Å². The molecule has 1 aromatic carbocycles. The number of amides is 1. The van der Waals surface area contributed by atoms with E-state index in [0.29, 0.717) is 10.2 Å². The number of H-pyrrole nitrogens is 1. The van der Waals surface area contributed by atoms with Crippen LogP contribution in [0, 0.1) is 5.82 Å². The predicted octanol–water partition coefficient (Wildman–Crippen LogP) is 2.11. The minimum atomic E-state index is -0.771. The maximum Gasteiger partial charge on any atom is 0.267 e. The molecule has 1 heterocycles. The van der Waals surface area contributed by atoms with E-state index in [0.717, 1.165) is 0 Å². The van der Waals surface area contributed by atoms with Crippen molar-refractivity contribution in [2.75, 3.05) is 5.32 Å². The number of nitrogens with one attached hydrogen (secondary N) is 2. The number of halogens is 2. The number of rotatable bonds is 4. The van der Waals surface area contributed by atoms with Crippen LogP contribution in [0.25, 0.3) is 0 Å². The molecule has 0 aliphatic carbocycles. The maximum absolute atomic E-state index is 12.9. The summed E-state index contributed by atoms with van der Waals surface area (Å²) in [6.45, 7) is 1.57. The number of anilines is 1. The number of aromatic nitrogens is 3. The highest BCUT2D eigenvalue weighted by Crippen LogP contribution is 2.26. The number of hydrogen-bond donors (Lipinski definition) is 2. The molecule has 0 bridgehead atoms. The van der Waals surface area contributed by atoms with Gasteiger partial charge in [-0.15, -0.1) is 0 Å². The van der Waals surface area contributed by atoms with Crippen molar-refractivity contribution in [3.8, 4) is 5.75 Å². The third kappa shape index (κ3) is 3.50. The van der Waals surface area contributed by atoms with Gasteiger partial charge in [0, 0.05) is 0 Å². The van der Waals surface area contributed by atoms with Crippen LogP contribution in [-0.4, -0.2) is 27.2 Å². The van der Waals surface area contributed by atoms with Gasteiger partial charge in [-0.05, 0) is 41.1 Å². The van der Waals surface area contributed by atoms with Gasteiger partial charge in [0.2, 0.25) is 5.95 Å². The number of aromatic amines is 1. The number of nitrogens with zero attached hydrogens (tertiary/aromatic N) is 2. The Morgan fingerprint density at radius 3 is 3.00 bits per heavy atom. The Labute approximate surface area is 116 Å². The third-order valence-electron chi connectivity index (χ3n) is 2.22. The lowest BCUT2D eigenvalue weighted by Crippen LogP contribution is -2.30. The monoisotopic (exact) mass is 328 g/mol. The second-order valence-corrected chi connectivity index (χ2v) is 4.51. The van der Waals surface area contributed by atoms with Gasteiger partial charge in [0.1, 0.15) is 17.9 Å². The molecule has 1 amide bonds. The molecular weight excluding hydrogens is 319 g/mol. The van der Waals surface area contributed by atoms with Crippen LogP contribution in [0.4, 0.5) is 10.3 Å². The Balaban J connectivity index is 2.00. The first-order chi connectivity index (χ1) is 9.06. The normalized spacial score (nSPS) is 11.9. The first kappa shape index (κ1) is 13.5. The van der Waals surface area contributed by atoms with Gasteiger partial charge in [-0.3, -0.25) is 10.1 Å². The molecule has 1 atom stereocenters. The molecule has 0 spiro atoms. The summed E-state index contributed by atoms with van der Waals surface area (Å²) in [6.07, 6.45) is 0.504. The van der Waals surface area contributed by atoms with Crippen LogP contribution in [0.5, 0.6) is 5.75 Å². The second kappa shape index (κ2) is 5.79. The molecule has 100 valence electrons. The molecule has 19 heavy (non-hydrogen) atoms. The van der Waals surface area contributed by atoms with Gasteiger partial charge < -0.3 is 4.74 Å². The van der Waals surface area contributed by atoms with Crippen LogP contribution in [-0.2, 0) is 4.79 Å². The zero-order chi connectivity index (χ0) is 13.8. The fourth-order valence-electron chi connectivity index (χ4n) is 1.30. The summed E-state index contributed by atoms with van der Waals surface area (Å²) >= 11 is 3.16.